The van der Waals surface area contributed by atoms with Crippen LogP contribution < -0.4 is 5.32 Å². The van der Waals surface area contributed by atoms with E-state index >= 15 is 0 Å². The lowest BCUT2D eigenvalue weighted by molar-refractivity contribution is -0.116. The van der Waals surface area contributed by atoms with Gasteiger partial charge in [0.1, 0.15) is 5.65 Å². The minimum Gasteiger partial charge on any atom is -0.351 e. The maximum atomic E-state index is 11.8. The van der Waals surface area contributed by atoms with Gasteiger partial charge in [0.05, 0.1) is 11.9 Å². The van der Waals surface area contributed by atoms with Crippen LogP contribution in [0.4, 0.5) is 0 Å². The zero-order valence-electron chi connectivity index (χ0n) is 12.6. The second kappa shape index (κ2) is 7.59. The van der Waals surface area contributed by atoms with Crippen molar-refractivity contribution in [1.29, 1.82) is 0 Å². The van der Waals surface area contributed by atoms with E-state index in [1.54, 1.807) is 18.3 Å². The molecule has 0 aliphatic rings. The van der Waals surface area contributed by atoms with Gasteiger partial charge >= 0.3 is 0 Å². The van der Waals surface area contributed by atoms with Crippen LogP contribution in [-0.4, -0.2) is 46.4 Å². The van der Waals surface area contributed by atoms with Crippen molar-refractivity contribution in [2.24, 2.45) is 0 Å². The van der Waals surface area contributed by atoms with Crippen LogP contribution in [0, 0.1) is 0 Å². The molecule has 0 radical (unpaired) electrons. The van der Waals surface area contributed by atoms with Crippen molar-refractivity contribution in [3.05, 3.63) is 42.4 Å². The molecule has 2 aromatic heterocycles. The lowest BCUT2D eigenvalue weighted by atomic mass is 10.3. The smallest absolute Gasteiger partial charge is 0.244 e. The molecule has 0 bridgehead atoms. The Labute approximate surface area is 125 Å². The summed E-state index contributed by atoms with van der Waals surface area (Å²) < 4.78 is 1.94. The van der Waals surface area contributed by atoms with Crippen molar-refractivity contribution in [3.8, 4) is 0 Å². The third-order valence-corrected chi connectivity index (χ3v) is 3.47. The van der Waals surface area contributed by atoms with Crippen LogP contribution in [0.15, 0.2) is 36.7 Å². The number of aromatic nitrogens is 2. The number of hydrogen-bond acceptors (Lipinski definition) is 3. The summed E-state index contributed by atoms with van der Waals surface area (Å²) in [6, 6.07) is 5.81. The van der Waals surface area contributed by atoms with E-state index < -0.39 is 0 Å². The first-order chi connectivity index (χ1) is 10.2. The molecular weight excluding hydrogens is 264 g/mol. The Morgan fingerprint density at radius 3 is 2.95 bits per heavy atom. The van der Waals surface area contributed by atoms with Crippen molar-refractivity contribution >= 4 is 17.6 Å². The molecule has 0 atom stereocenters. The molecule has 0 saturated carbocycles. The number of nitrogens with zero attached hydrogens (tertiary/aromatic N) is 3. The van der Waals surface area contributed by atoms with Gasteiger partial charge in [-0.3, -0.25) is 4.79 Å². The van der Waals surface area contributed by atoms with Gasteiger partial charge in [0.2, 0.25) is 5.91 Å². The standard InChI is InChI=1S/C16H22N4O/c1-3-19(4-2)12-10-17-16(21)9-8-14-13-18-15-7-5-6-11-20(14)15/h5-9,11,13H,3-4,10,12H2,1-2H3,(H,17,21)/b9-8+. The Bertz CT molecular complexity index is 614. The first-order valence-electron chi connectivity index (χ1n) is 7.35. The Morgan fingerprint density at radius 2 is 2.19 bits per heavy atom. The van der Waals surface area contributed by atoms with E-state index in [1.165, 1.54) is 0 Å². The summed E-state index contributed by atoms with van der Waals surface area (Å²) in [5.74, 6) is -0.0759. The van der Waals surface area contributed by atoms with Crippen molar-refractivity contribution in [2.75, 3.05) is 26.2 Å². The summed E-state index contributed by atoms with van der Waals surface area (Å²) in [5, 5.41) is 2.90. The number of carbonyl (C=O) groups is 1. The van der Waals surface area contributed by atoms with Crippen LogP contribution in [0.2, 0.25) is 0 Å². The van der Waals surface area contributed by atoms with Gasteiger partial charge < -0.3 is 14.6 Å². The van der Waals surface area contributed by atoms with E-state index in [9.17, 15) is 4.79 Å². The normalized spacial score (nSPS) is 11.6. The van der Waals surface area contributed by atoms with Crippen LogP contribution in [0.1, 0.15) is 19.5 Å². The molecule has 5 heteroatoms. The number of rotatable bonds is 7. The van der Waals surface area contributed by atoms with E-state index in [1.807, 2.05) is 28.8 Å². The van der Waals surface area contributed by atoms with Gasteiger partial charge in [-0.2, -0.15) is 0 Å². The Balaban J connectivity index is 1.87. The van der Waals surface area contributed by atoms with Gasteiger partial charge in [0.15, 0.2) is 0 Å². The zero-order chi connectivity index (χ0) is 15.1. The number of carbonyl (C=O) groups excluding carboxylic acids is 1. The van der Waals surface area contributed by atoms with Gasteiger partial charge in [-0.1, -0.05) is 19.9 Å². The van der Waals surface area contributed by atoms with Crippen LogP contribution in [-0.2, 0) is 4.79 Å². The minimum absolute atomic E-state index is 0.0759. The molecule has 1 amide bonds. The van der Waals surface area contributed by atoms with Crippen LogP contribution in [0.5, 0.6) is 0 Å². The third kappa shape index (κ3) is 4.16. The molecule has 2 rings (SSSR count). The molecule has 0 fully saturated rings. The fraction of sp³-hybridized carbons (Fsp3) is 0.375. The summed E-state index contributed by atoms with van der Waals surface area (Å²) in [7, 11) is 0. The van der Waals surface area contributed by atoms with Gasteiger partial charge in [0, 0.05) is 25.4 Å². The zero-order valence-corrected chi connectivity index (χ0v) is 12.6. The number of hydrogen-bond donors (Lipinski definition) is 1. The van der Waals surface area contributed by atoms with E-state index in [4.69, 9.17) is 0 Å². The molecule has 21 heavy (non-hydrogen) atoms. The third-order valence-electron chi connectivity index (χ3n) is 3.47. The molecule has 0 aliphatic heterocycles. The first kappa shape index (κ1) is 15.3. The van der Waals surface area contributed by atoms with Gasteiger partial charge in [-0.15, -0.1) is 0 Å². The summed E-state index contributed by atoms with van der Waals surface area (Å²) in [6.07, 6.45) is 7.03. The van der Waals surface area contributed by atoms with Crippen LogP contribution in [0.25, 0.3) is 11.7 Å². The van der Waals surface area contributed by atoms with Gasteiger partial charge in [-0.25, -0.2) is 4.98 Å². The number of nitrogens with one attached hydrogen (secondary N) is 1. The molecule has 2 aromatic rings. The van der Waals surface area contributed by atoms with Gasteiger partial charge in [0.25, 0.3) is 0 Å². The average molecular weight is 286 g/mol. The van der Waals surface area contributed by atoms with Crippen LogP contribution >= 0.6 is 0 Å². The summed E-state index contributed by atoms with van der Waals surface area (Å²) >= 11 is 0. The van der Waals surface area contributed by atoms with E-state index in [0.717, 1.165) is 31.0 Å². The maximum absolute atomic E-state index is 11.8. The van der Waals surface area contributed by atoms with E-state index in [0.29, 0.717) is 6.54 Å². The molecule has 1 N–H and O–H groups in total. The minimum atomic E-state index is -0.0759. The molecule has 0 unspecified atom stereocenters. The topological polar surface area (TPSA) is 49.6 Å². The average Bonchev–Trinajstić information content (AvgIpc) is 2.93. The van der Waals surface area contributed by atoms with E-state index in [2.05, 4.69) is 29.0 Å². The number of pyridine rings is 1. The molecule has 0 aliphatic carbocycles. The second-order valence-electron chi connectivity index (χ2n) is 4.76. The fourth-order valence-electron chi connectivity index (χ4n) is 2.17. The quantitative estimate of drug-likeness (QED) is 0.790. The summed E-state index contributed by atoms with van der Waals surface area (Å²) in [4.78, 5) is 18.3. The van der Waals surface area contributed by atoms with Crippen molar-refractivity contribution in [3.63, 3.8) is 0 Å². The van der Waals surface area contributed by atoms with E-state index in [-0.39, 0.29) is 5.91 Å². The van der Waals surface area contributed by atoms with Crippen molar-refractivity contribution < 1.29 is 4.79 Å². The van der Waals surface area contributed by atoms with Crippen LogP contribution in [0.3, 0.4) is 0 Å². The molecule has 0 aromatic carbocycles. The lowest BCUT2D eigenvalue weighted by Gasteiger charge is -2.17. The molecule has 112 valence electrons. The Morgan fingerprint density at radius 1 is 1.38 bits per heavy atom. The molecule has 2 heterocycles. The largest absolute Gasteiger partial charge is 0.351 e. The monoisotopic (exact) mass is 286 g/mol. The molecular formula is C16H22N4O. The number of fused-ring (bicyclic) bond motifs is 1. The lowest BCUT2D eigenvalue weighted by Crippen LogP contribution is -2.34. The maximum Gasteiger partial charge on any atom is 0.244 e. The highest BCUT2D eigenvalue weighted by Crippen LogP contribution is 2.07. The highest BCUT2D eigenvalue weighted by atomic mass is 16.1. The molecule has 0 spiro atoms. The van der Waals surface area contributed by atoms with Gasteiger partial charge in [-0.05, 0) is 31.3 Å². The SMILES string of the molecule is CCN(CC)CCNC(=O)/C=C/c1cnc2ccccn12. The Kier molecular flexibility index (Phi) is 5.51. The number of imidazole rings is 1. The first-order valence-corrected chi connectivity index (χ1v) is 7.35. The number of likely N-dealkylation sites (N-methyl/N-ethyl adjacent to an activating group) is 1. The molecule has 5 nitrogen and oxygen atoms in total. The predicted molar refractivity (Wildman–Crippen MR) is 85.0 cm³/mol. The number of amides is 1. The fourth-order valence-corrected chi connectivity index (χ4v) is 2.17. The predicted octanol–water partition coefficient (Wildman–Crippen LogP) is 1.81. The molecule has 0 saturated heterocycles. The highest BCUT2D eigenvalue weighted by molar-refractivity contribution is 5.91. The van der Waals surface area contributed by atoms with Crippen molar-refractivity contribution in [2.45, 2.75) is 13.8 Å². The highest BCUT2D eigenvalue weighted by Gasteiger charge is 2.01. The summed E-state index contributed by atoms with van der Waals surface area (Å²) in [5.41, 5.74) is 1.77. The summed E-state index contributed by atoms with van der Waals surface area (Å²) in [6.45, 7) is 7.79. The second-order valence-corrected chi connectivity index (χ2v) is 4.76. The Hall–Kier alpha value is -2.14. The van der Waals surface area contributed by atoms with Crippen molar-refractivity contribution in [1.82, 2.24) is 19.6 Å².